The summed E-state index contributed by atoms with van der Waals surface area (Å²) in [5.74, 6) is -1.13. The number of benzene rings is 3. The van der Waals surface area contributed by atoms with Gasteiger partial charge in [0.25, 0.3) is 5.69 Å². The second-order valence-corrected chi connectivity index (χ2v) is 12.2. The van der Waals surface area contributed by atoms with E-state index in [0.717, 1.165) is 22.2 Å². The SMILES string of the molecule is COc1ccc([N+](=O)[O-])cc1N(CC(=O)N(Cc1cccc(Cl)c1)[C@@H](Cc1ccccc1)C(=O)NC(C)C)S(C)(=O)=O. The van der Waals surface area contributed by atoms with Crippen LogP contribution in [0, 0.1) is 10.1 Å². The quantitative estimate of drug-likeness (QED) is 0.224. The highest BCUT2D eigenvalue weighted by molar-refractivity contribution is 7.92. The van der Waals surface area contributed by atoms with E-state index in [1.165, 1.54) is 24.1 Å². The molecule has 1 N–H and O–H groups in total. The maximum Gasteiger partial charge on any atom is 0.271 e. The molecule has 0 aliphatic rings. The number of non-ortho nitro benzene ring substituents is 1. The number of rotatable bonds is 13. The van der Waals surface area contributed by atoms with Gasteiger partial charge in [-0.05, 0) is 43.2 Å². The Hall–Kier alpha value is -4.16. The van der Waals surface area contributed by atoms with Crippen molar-refractivity contribution in [1.29, 1.82) is 0 Å². The number of carbonyl (C=O) groups is 2. The summed E-state index contributed by atoms with van der Waals surface area (Å²) in [6.07, 6.45) is 1.03. The predicted molar refractivity (Wildman–Crippen MR) is 161 cm³/mol. The van der Waals surface area contributed by atoms with Crippen LogP contribution in [0.2, 0.25) is 5.02 Å². The lowest BCUT2D eigenvalue weighted by Crippen LogP contribution is -2.54. The summed E-state index contributed by atoms with van der Waals surface area (Å²) in [4.78, 5) is 39.8. The molecule has 224 valence electrons. The number of ether oxygens (including phenoxy) is 1. The Labute approximate surface area is 250 Å². The maximum absolute atomic E-state index is 14.1. The van der Waals surface area contributed by atoms with Crippen molar-refractivity contribution < 1.29 is 27.7 Å². The molecule has 0 aliphatic heterocycles. The van der Waals surface area contributed by atoms with Crippen LogP contribution in [0.15, 0.2) is 72.8 Å². The van der Waals surface area contributed by atoms with Crippen molar-refractivity contribution in [3.8, 4) is 5.75 Å². The fourth-order valence-corrected chi connectivity index (χ4v) is 5.41. The molecule has 0 saturated carbocycles. The molecule has 42 heavy (non-hydrogen) atoms. The number of amides is 2. The summed E-state index contributed by atoms with van der Waals surface area (Å²) in [6.45, 7) is 2.77. The monoisotopic (exact) mass is 616 g/mol. The summed E-state index contributed by atoms with van der Waals surface area (Å²) < 4.78 is 32.1. The second kappa shape index (κ2) is 14.1. The van der Waals surface area contributed by atoms with E-state index in [-0.39, 0.29) is 36.1 Å². The zero-order valence-corrected chi connectivity index (χ0v) is 25.3. The Kier molecular flexibility index (Phi) is 10.9. The van der Waals surface area contributed by atoms with Gasteiger partial charge in [-0.2, -0.15) is 0 Å². The smallest absolute Gasteiger partial charge is 0.271 e. The normalized spacial score (nSPS) is 12.0. The van der Waals surface area contributed by atoms with Crippen LogP contribution in [0.25, 0.3) is 0 Å². The average molecular weight is 617 g/mol. The van der Waals surface area contributed by atoms with Crippen LogP contribution in [-0.4, -0.2) is 62.0 Å². The number of nitrogens with zero attached hydrogens (tertiary/aromatic N) is 3. The van der Waals surface area contributed by atoms with E-state index in [4.69, 9.17) is 16.3 Å². The predicted octanol–water partition coefficient (Wildman–Crippen LogP) is 4.19. The van der Waals surface area contributed by atoms with Crippen LogP contribution in [0.1, 0.15) is 25.0 Å². The minimum absolute atomic E-state index is 0.0126. The summed E-state index contributed by atoms with van der Waals surface area (Å²) in [7, 11) is -2.88. The van der Waals surface area contributed by atoms with Crippen molar-refractivity contribution in [3.05, 3.63) is 99.1 Å². The van der Waals surface area contributed by atoms with Gasteiger partial charge >= 0.3 is 0 Å². The molecule has 3 aromatic carbocycles. The number of methoxy groups -OCH3 is 1. The van der Waals surface area contributed by atoms with Gasteiger partial charge in [0.2, 0.25) is 21.8 Å². The van der Waals surface area contributed by atoms with Crippen LogP contribution in [0.3, 0.4) is 0 Å². The van der Waals surface area contributed by atoms with Crippen LogP contribution in [-0.2, 0) is 32.6 Å². The molecule has 11 nitrogen and oxygen atoms in total. The Morgan fingerprint density at radius 2 is 1.69 bits per heavy atom. The lowest BCUT2D eigenvalue weighted by molar-refractivity contribution is -0.384. The highest BCUT2D eigenvalue weighted by Crippen LogP contribution is 2.34. The van der Waals surface area contributed by atoms with Gasteiger partial charge in [-0.3, -0.25) is 24.0 Å². The summed E-state index contributed by atoms with van der Waals surface area (Å²) in [5.41, 5.74) is 0.827. The van der Waals surface area contributed by atoms with Gasteiger partial charge < -0.3 is 15.0 Å². The number of sulfonamides is 1. The topological polar surface area (TPSA) is 139 Å². The van der Waals surface area contributed by atoms with Gasteiger partial charge in [-0.15, -0.1) is 0 Å². The second-order valence-electron chi connectivity index (χ2n) is 9.90. The van der Waals surface area contributed by atoms with Crippen LogP contribution in [0.5, 0.6) is 5.75 Å². The number of nitro benzene ring substituents is 1. The van der Waals surface area contributed by atoms with Crippen LogP contribution >= 0.6 is 11.6 Å². The number of hydrogen-bond acceptors (Lipinski definition) is 7. The van der Waals surface area contributed by atoms with Crippen molar-refractivity contribution in [2.24, 2.45) is 0 Å². The molecule has 0 aromatic heterocycles. The van der Waals surface area contributed by atoms with Crippen LogP contribution < -0.4 is 14.4 Å². The minimum atomic E-state index is -4.16. The van der Waals surface area contributed by atoms with Gasteiger partial charge in [0.05, 0.1) is 18.3 Å². The molecule has 0 bridgehead atoms. The molecule has 0 unspecified atom stereocenters. The Balaban J connectivity index is 2.13. The number of carbonyl (C=O) groups excluding carboxylic acids is 2. The standard InChI is InChI=1S/C29H33ClN4O7S/c1-20(2)31-29(36)26(16-21-9-6-5-7-10-21)32(18-22-11-8-12-23(30)15-22)28(35)19-33(42(4,39)40)25-17-24(34(37)38)13-14-27(25)41-3/h5-15,17,20,26H,16,18-19H2,1-4H3,(H,31,36)/t26-/m0/s1. The number of nitro groups is 1. The third-order valence-electron chi connectivity index (χ3n) is 6.27. The lowest BCUT2D eigenvalue weighted by Gasteiger charge is -2.34. The molecule has 3 rings (SSSR count). The average Bonchev–Trinajstić information content (AvgIpc) is 2.92. The zero-order chi connectivity index (χ0) is 31.0. The zero-order valence-electron chi connectivity index (χ0n) is 23.7. The third kappa shape index (κ3) is 8.67. The maximum atomic E-state index is 14.1. The molecule has 0 radical (unpaired) electrons. The first-order valence-electron chi connectivity index (χ1n) is 13.0. The van der Waals surface area contributed by atoms with Gasteiger partial charge in [0.15, 0.2) is 0 Å². The first kappa shape index (κ1) is 32.4. The molecule has 0 saturated heterocycles. The van der Waals surface area contributed by atoms with Crippen molar-refractivity contribution in [1.82, 2.24) is 10.2 Å². The molecule has 0 heterocycles. The fourth-order valence-electron chi connectivity index (χ4n) is 4.35. The molecule has 1 atom stereocenters. The lowest BCUT2D eigenvalue weighted by atomic mass is 10.0. The molecule has 13 heteroatoms. The number of anilines is 1. The molecule has 0 aliphatic carbocycles. The van der Waals surface area contributed by atoms with Gasteiger partial charge in [0.1, 0.15) is 24.0 Å². The van der Waals surface area contributed by atoms with E-state index < -0.39 is 39.3 Å². The van der Waals surface area contributed by atoms with E-state index in [2.05, 4.69) is 5.32 Å². The van der Waals surface area contributed by atoms with E-state index in [1.807, 2.05) is 30.3 Å². The van der Waals surface area contributed by atoms with Crippen molar-refractivity contribution in [3.63, 3.8) is 0 Å². The highest BCUT2D eigenvalue weighted by Gasteiger charge is 2.34. The van der Waals surface area contributed by atoms with Gasteiger partial charge in [-0.25, -0.2) is 8.42 Å². The summed E-state index contributed by atoms with van der Waals surface area (Å²) in [5, 5.41) is 14.8. The van der Waals surface area contributed by atoms with Crippen molar-refractivity contribution >= 4 is 44.8 Å². The molecule has 0 fully saturated rings. The molecule has 0 spiro atoms. The van der Waals surface area contributed by atoms with Gasteiger partial charge in [0, 0.05) is 36.2 Å². The van der Waals surface area contributed by atoms with Crippen LogP contribution in [0.4, 0.5) is 11.4 Å². The molecule has 2 amide bonds. The summed E-state index contributed by atoms with van der Waals surface area (Å²) in [6, 6.07) is 18.1. The highest BCUT2D eigenvalue weighted by atomic mass is 35.5. The number of hydrogen-bond donors (Lipinski definition) is 1. The fraction of sp³-hybridized carbons (Fsp3) is 0.310. The van der Waals surface area contributed by atoms with E-state index in [9.17, 15) is 28.1 Å². The van der Waals surface area contributed by atoms with Crippen molar-refractivity contribution in [2.75, 3.05) is 24.2 Å². The first-order valence-corrected chi connectivity index (χ1v) is 15.2. The molecular weight excluding hydrogens is 584 g/mol. The summed E-state index contributed by atoms with van der Waals surface area (Å²) >= 11 is 6.21. The Morgan fingerprint density at radius 1 is 1.02 bits per heavy atom. The minimum Gasteiger partial charge on any atom is -0.495 e. The molecule has 3 aromatic rings. The third-order valence-corrected chi connectivity index (χ3v) is 7.63. The number of halogens is 1. The molecular formula is C29H33ClN4O7S. The first-order chi connectivity index (χ1) is 19.8. The largest absolute Gasteiger partial charge is 0.495 e. The van der Waals surface area contributed by atoms with E-state index >= 15 is 0 Å². The van der Waals surface area contributed by atoms with Crippen molar-refractivity contribution in [2.45, 2.75) is 38.9 Å². The van der Waals surface area contributed by atoms with E-state index in [1.54, 1.807) is 38.1 Å². The van der Waals surface area contributed by atoms with E-state index in [0.29, 0.717) is 10.6 Å². The Morgan fingerprint density at radius 3 is 2.26 bits per heavy atom. The Bertz CT molecular complexity index is 1530. The van der Waals surface area contributed by atoms with Gasteiger partial charge in [-0.1, -0.05) is 54.1 Å². The number of nitrogens with one attached hydrogen (secondary N) is 1.